The summed E-state index contributed by atoms with van der Waals surface area (Å²) in [6.45, 7) is 0.885. The van der Waals surface area contributed by atoms with E-state index in [0.717, 1.165) is 12.8 Å². The normalized spacial score (nSPS) is 18.4. The molecule has 0 bridgehead atoms. The van der Waals surface area contributed by atoms with Gasteiger partial charge >= 0.3 is 0 Å². The number of amides is 1. The number of para-hydroxylation sites is 1. The van der Waals surface area contributed by atoms with Crippen molar-refractivity contribution in [1.82, 2.24) is 9.62 Å². The molecule has 0 aromatic heterocycles. The number of ether oxygens (including phenoxy) is 1. The monoisotopic (exact) mass is 414 g/mol. The van der Waals surface area contributed by atoms with Gasteiger partial charge in [0.25, 0.3) is 5.91 Å². The maximum Gasteiger partial charge on any atom is 0.255 e. The van der Waals surface area contributed by atoms with Gasteiger partial charge in [-0.2, -0.15) is 0 Å². The maximum atomic E-state index is 12.9. The van der Waals surface area contributed by atoms with Crippen LogP contribution in [-0.2, 0) is 22.9 Å². The van der Waals surface area contributed by atoms with Crippen molar-refractivity contribution in [2.24, 2.45) is 0 Å². The predicted molar refractivity (Wildman–Crippen MR) is 112 cm³/mol. The Morgan fingerprint density at radius 1 is 1.00 bits per heavy atom. The highest BCUT2D eigenvalue weighted by Crippen LogP contribution is 2.26. The van der Waals surface area contributed by atoms with Gasteiger partial charge in [0, 0.05) is 19.1 Å². The third kappa shape index (κ3) is 4.62. The molecule has 154 valence electrons. The molecule has 7 heteroatoms. The number of hydrogen-bond acceptors (Lipinski definition) is 4. The van der Waals surface area contributed by atoms with Crippen molar-refractivity contribution in [3.05, 3.63) is 65.2 Å². The van der Waals surface area contributed by atoms with Crippen molar-refractivity contribution in [1.29, 1.82) is 0 Å². The van der Waals surface area contributed by atoms with Gasteiger partial charge in [-0.15, -0.1) is 0 Å². The number of sulfonamides is 1. The fraction of sp³-hybridized carbons (Fsp3) is 0.409. The molecule has 1 amide bonds. The minimum absolute atomic E-state index is 0.0888. The third-order valence-corrected chi connectivity index (χ3v) is 6.98. The van der Waals surface area contributed by atoms with Gasteiger partial charge in [-0.25, -0.2) is 12.7 Å². The van der Waals surface area contributed by atoms with Crippen LogP contribution in [0, 0.1) is 0 Å². The molecule has 6 nitrogen and oxygen atoms in total. The van der Waals surface area contributed by atoms with E-state index in [1.807, 2.05) is 24.3 Å². The summed E-state index contributed by atoms with van der Waals surface area (Å²) >= 11 is 0. The van der Waals surface area contributed by atoms with Crippen molar-refractivity contribution in [3.63, 3.8) is 0 Å². The number of fused-ring (bicyclic) bond motifs is 1. The smallest absolute Gasteiger partial charge is 0.255 e. The van der Waals surface area contributed by atoms with Gasteiger partial charge in [0.2, 0.25) is 10.0 Å². The maximum absolute atomic E-state index is 12.9. The average molecular weight is 415 g/mol. The molecule has 1 heterocycles. The van der Waals surface area contributed by atoms with Crippen LogP contribution < -0.4 is 10.1 Å². The van der Waals surface area contributed by atoms with E-state index in [0.29, 0.717) is 37.2 Å². The summed E-state index contributed by atoms with van der Waals surface area (Å²) in [7, 11) is -3.17. The molecule has 2 aromatic carbocycles. The number of carbonyl (C=O) groups is 1. The molecule has 29 heavy (non-hydrogen) atoms. The molecule has 0 unspecified atom stereocenters. The number of rotatable bonds is 5. The van der Waals surface area contributed by atoms with E-state index in [4.69, 9.17) is 4.74 Å². The average Bonchev–Trinajstić information content (AvgIpc) is 3.10. The van der Waals surface area contributed by atoms with E-state index in [-0.39, 0.29) is 18.1 Å². The Morgan fingerprint density at radius 2 is 1.59 bits per heavy atom. The van der Waals surface area contributed by atoms with Crippen LogP contribution in [0.1, 0.15) is 34.3 Å². The SMILES string of the molecule is CS(=O)(=O)N1CCC(Oc2ccccc2C(=O)NC2Cc3ccccc3C2)CC1. The lowest BCUT2D eigenvalue weighted by Crippen LogP contribution is -2.41. The lowest BCUT2D eigenvalue weighted by Gasteiger charge is -2.30. The lowest BCUT2D eigenvalue weighted by molar-refractivity contribution is 0.0924. The number of piperidine rings is 1. The Hall–Kier alpha value is -2.38. The molecular weight excluding hydrogens is 388 g/mol. The van der Waals surface area contributed by atoms with Crippen molar-refractivity contribution in [2.75, 3.05) is 19.3 Å². The Kier molecular flexibility index (Phi) is 5.61. The lowest BCUT2D eigenvalue weighted by atomic mass is 10.1. The zero-order chi connectivity index (χ0) is 20.4. The molecule has 1 saturated heterocycles. The van der Waals surface area contributed by atoms with Gasteiger partial charge in [-0.1, -0.05) is 36.4 Å². The van der Waals surface area contributed by atoms with Gasteiger partial charge in [-0.3, -0.25) is 4.79 Å². The first-order valence-corrected chi connectivity index (χ1v) is 11.8. The molecule has 4 rings (SSSR count). The first-order chi connectivity index (χ1) is 13.9. The topological polar surface area (TPSA) is 75.7 Å². The molecule has 1 fully saturated rings. The summed E-state index contributed by atoms with van der Waals surface area (Å²) in [5.74, 6) is 0.422. The van der Waals surface area contributed by atoms with Crippen molar-refractivity contribution in [2.45, 2.75) is 37.8 Å². The Morgan fingerprint density at radius 3 is 2.21 bits per heavy atom. The van der Waals surface area contributed by atoms with Crippen LogP contribution in [0.5, 0.6) is 5.75 Å². The van der Waals surface area contributed by atoms with Gasteiger partial charge in [0.1, 0.15) is 11.9 Å². The highest BCUT2D eigenvalue weighted by atomic mass is 32.2. The van der Waals surface area contributed by atoms with Crippen molar-refractivity contribution < 1.29 is 17.9 Å². The fourth-order valence-corrected chi connectivity index (χ4v) is 5.02. The van der Waals surface area contributed by atoms with Gasteiger partial charge in [0.05, 0.1) is 11.8 Å². The summed E-state index contributed by atoms with van der Waals surface area (Å²) in [5.41, 5.74) is 3.11. The van der Waals surface area contributed by atoms with Gasteiger partial charge in [0.15, 0.2) is 0 Å². The molecule has 1 aliphatic heterocycles. The molecule has 0 saturated carbocycles. The predicted octanol–water partition coefficient (Wildman–Crippen LogP) is 2.39. The number of nitrogens with zero attached hydrogens (tertiary/aromatic N) is 1. The van der Waals surface area contributed by atoms with Crippen LogP contribution in [-0.4, -0.2) is 50.1 Å². The molecule has 2 aliphatic rings. The summed E-state index contributed by atoms with van der Waals surface area (Å²) in [6, 6.07) is 15.6. The highest BCUT2D eigenvalue weighted by Gasteiger charge is 2.28. The van der Waals surface area contributed by atoms with E-state index in [9.17, 15) is 13.2 Å². The zero-order valence-electron chi connectivity index (χ0n) is 16.5. The van der Waals surface area contributed by atoms with Crippen LogP contribution in [0.15, 0.2) is 48.5 Å². The second-order valence-electron chi connectivity index (χ2n) is 7.82. The second kappa shape index (κ2) is 8.16. The quantitative estimate of drug-likeness (QED) is 0.815. The van der Waals surface area contributed by atoms with Gasteiger partial charge in [-0.05, 0) is 48.9 Å². The van der Waals surface area contributed by atoms with E-state index in [1.54, 1.807) is 12.1 Å². The molecule has 1 N–H and O–H groups in total. The second-order valence-corrected chi connectivity index (χ2v) is 9.81. The summed E-state index contributed by atoms with van der Waals surface area (Å²) in [5, 5.41) is 3.14. The minimum atomic E-state index is -3.17. The standard InChI is InChI=1S/C22H26N2O4S/c1-29(26,27)24-12-10-19(11-13-24)28-21-9-5-4-8-20(21)22(25)23-18-14-16-6-2-3-7-17(16)15-18/h2-9,18-19H,10-15H2,1H3,(H,23,25). The third-order valence-electron chi connectivity index (χ3n) is 5.68. The first-order valence-electron chi connectivity index (χ1n) is 9.98. The summed E-state index contributed by atoms with van der Waals surface area (Å²) in [6.07, 6.45) is 4.04. The molecule has 0 spiro atoms. The minimum Gasteiger partial charge on any atom is -0.489 e. The molecule has 2 aromatic rings. The van der Waals surface area contributed by atoms with Crippen LogP contribution in [0.4, 0.5) is 0 Å². The Bertz CT molecular complexity index is 972. The summed E-state index contributed by atoms with van der Waals surface area (Å²) in [4.78, 5) is 12.9. The Balaban J connectivity index is 1.39. The Labute approximate surface area is 171 Å². The zero-order valence-corrected chi connectivity index (χ0v) is 17.3. The van der Waals surface area contributed by atoms with E-state index >= 15 is 0 Å². The highest BCUT2D eigenvalue weighted by molar-refractivity contribution is 7.88. The van der Waals surface area contributed by atoms with Crippen LogP contribution in [0.2, 0.25) is 0 Å². The van der Waals surface area contributed by atoms with Crippen LogP contribution >= 0.6 is 0 Å². The number of hydrogen-bond donors (Lipinski definition) is 1. The van der Waals surface area contributed by atoms with E-state index < -0.39 is 10.0 Å². The van der Waals surface area contributed by atoms with Crippen molar-refractivity contribution >= 4 is 15.9 Å². The van der Waals surface area contributed by atoms with E-state index in [1.165, 1.54) is 21.7 Å². The van der Waals surface area contributed by atoms with Gasteiger partial charge < -0.3 is 10.1 Å². The number of carbonyl (C=O) groups excluding carboxylic acids is 1. The molecule has 0 radical (unpaired) electrons. The number of nitrogens with one attached hydrogen (secondary N) is 1. The van der Waals surface area contributed by atoms with E-state index in [2.05, 4.69) is 17.4 Å². The van der Waals surface area contributed by atoms with Crippen LogP contribution in [0.25, 0.3) is 0 Å². The fourth-order valence-electron chi connectivity index (χ4n) is 4.14. The largest absolute Gasteiger partial charge is 0.489 e. The molecule has 1 aliphatic carbocycles. The van der Waals surface area contributed by atoms with Crippen LogP contribution in [0.3, 0.4) is 0 Å². The molecular formula is C22H26N2O4S. The number of benzene rings is 2. The summed E-state index contributed by atoms with van der Waals surface area (Å²) < 4.78 is 30.9. The first kappa shape index (κ1) is 19.9. The molecule has 0 atom stereocenters. The van der Waals surface area contributed by atoms with Crippen molar-refractivity contribution in [3.8, 4) is 5.75 Å².